The normalized spacial score (nSPS) is 11.7. The molecule has 0 radical (unpaired) electrons. The number of methoxy groups -OCH3 is 1. The van der Waals surface area contributed by atoms with Gasteiger partial charge in [0, 0.05) is 11.8 Å². The van der Waals surface area contributed by atoms with E-state index in [4.69, 9.17) is 21.1 Å². The highest BCUT2D eigenvalue weighted by molar-refractivity contribution is 7.90. The predicted octanol–water partition coefficient (Wildman–Crippen LogP) is 4.65. The molecule has 1 N–H and O–H groups in total. The van der Waals surface area contributed by atoms with Gasteiger partial charge >= 0.3 is 0 Å². The van der Waals surface area contributed by atoms with Crippen LogP contribution in [0.4, 0.5) is 5.13 Å². The largest absolute Gasteiger partial charge is 0.493 e. The number of hydrogen-bond donors (Lipinski definition) is 1. The van der Waals surface area contributed by atoms with Gasteiger partial charge in [0.1, 0.15) is 0 Å². The molecule has 0 saturated carbocycles. The molecule has 1 heterocycles. The minimum absolute atomic E-state index is 0.199. The van der Waals surface area contributed by atoms with Crippen molar-refractivity contribution in [3.05, 3.63) is 40.9 Å². The molecule has 0 unspecified atom stereocenters. The molecule has 0 fully saturated rings. The topological polar surface area (TPSA) is 94.6 Å². The third kappa shape index (κ3) is 5.03. The Hall–Kier alpha value is -2.36. The first-order chi connectivity index (χ1) is 14.1. The van der Waals surface area contributed by atoms with Gasteiger partial charge < -0.3 is 9.47 Å². The van der Waals surface area contributed by atoms with Gasteiger partial charge in [0.15, 0.2) is 26.5 Å². The van der Waals surface area contributed by atoms with Crippen molar-refractivity contribution in [2.75, 3.05) is 25.3 Å². The molecule has 3 aromatic rings. The number of thiazole rings is 1. The number of benzene rings is 2. The Balaban J connectivity index is 1.85. The summed E-state index contributed by atoms with van der Waals surface area (Å²) in [5.41, 5.74) is 0.876. The number of carbonyl (C=O) groups excluding carboxylic acids is 1. The van der Waals surface area contributed by atoms with Gasteiger partial charge in [-0.3, -0.25) is 10.1 Å². The molecule has 10 heteroatoms. The van der Waals surface area contributed by atoms with E-state index in [1.807, 2.05) is 13.8 Å². The molecule has 0 aliphatic rings. The fraction of sp³-hybridized carbons (Fsp3) is 0.300. The molecule has 0 saturated heterocycles. The van der Waals surface area contributed by atoms with Gasteiger partial charge in [-0.25, -0.2) is 13.4 Å². The second-order valence-corrected chi connectivity index (χ2v) is 10.5. The number of aromatic nitrogens is 1. The van der Waals surface area contributed by atoms with Crippen LogP contribution in [0.2, 0.25) is 5.02 Å². The van der Waals surface area contributed by atoms with Gasteiger partial charge in [-0.05, 0) is 36.2 Å². The Morgan fingerprint density at radius 2 is 2.00 bits per heavy atom. The average molecular weight is 469 g/mol. The van der Waals surface area contributed by atoms with E-state index >= 15 is 0 Å². The summed E-state index contributed by atoms with van der Waals surface area (Å²) in [5.74, 6) is 0.622. The maximum absolute atomic E-state index is 12.7. The molecule has 30 heavy (non-hydrogen) atoms. The molecule has 1 aromatic heterocycles. The van der Waals surface area contributed by atoms with Crippen molar-refractivity contribution in [3.63, 3.8) is 0 Å². The van der Waals surface area contributed by atoms with Crippen molar-refractivity contribution in [3.8, 4) is 11.5 Å². The van der Waals surface area contributed by atoms with Crippen molar-refractivity contribution >= 4 is 54.0 Å². The van der Waals surface area contributed by atoms with E-state index in [1.54, 1.807) is 18.2 Å². The zero-order valence-electron chi connectivity index (χ0n) is 16.9. The van der Waals surface area contributed by atoms with E-state index in [9.17, 15) is 13.2 Å². The van der Waals surface area contributed by atoms with E-state index in [0.29, 0.717) is 39.4 Å². The van der Waals surface area contributed by atoms with Gasteiger partial charge in [-0.2, -0.15) is 0 Å². The third-order valence-corrected chi connectivity index (χ3v) is 6.39. The van der Waals surface area contributed by atoms with Crippen molar-refractivity contribution in [1.82, 2.24) is 4.98 Å². The van der Waals surface area contributed by atoms with Crippen LogP contribution in [0.5, 0.6) is 11.5 Å². The second kappa shape index (κ2) is 8.79. The summed E-state index contributed by atoms with van der Waals surface area (Å²) in [6.07, 6.45) is 1.14. The number of sulfone groups is 1. The summed E-state index contributed by atoms with van der Waals surface area (Å²) in [4.78, 5) is 17.3. The lowest BCUT2D eigenvalue weighted by Crippen LogP contribution is -2.12. The maximum atomic E-state index is 12.7. The highest BCUT2D eigenvalue weighted by atomic mass is 35.5. The van der Waals surface area contributed by atoms with E-state index in [0.717, 1.165) is 6.26 Å². The Morgan fingerprint density at radius 1 is 1.27 bits per heavy atom. The van der Waals surface area contributed by atoms with Gasteiger partial charge in [-0.15, -0.1) is 0 Å². The minimum Gasteiger partial charge on any atom is -0.493 e. The van der Waals surface area contributed by atoms with E-state index < -0.39 is 15.7 Å². The lowest BCUT2D eigenvalue weighted by Gasteiger charge is -2.15. The lowest BCUT2D eigenvalue weighted by molar-refractivity contribution is 0.102. The van der Waals surface area contributed by atoms with Crippen LogP contribution in [-0.2, 0) is 9.84 Å². The van der Waals surface area contributed by atoms with Crippen LogP contribution in [0, 0.1) is 5.92 Å². The van der Waals surface area contributed by atoms with Crippen molar-refractivity contribution in [1.29, 1.82) is 0 Å². The SMILES string of the molecule is COc1cc(C(=O)Nc2nc3ccc(S(C)(=O)=O)cc3s2)cc(Cl)c1OCC(C)C. The van der Waals surface area contributed by atoms with E-state index in [2.05, 4.69) is 10.3 Å². The minimum atomic E-state index is -3.33. The number of ether oxygens (including phenoxy) is 2. The van der Waals surface area contributed by atoms with Crippen LogP contribution in [-0.4, -0.2) is 39.3 Å². The van der Waals surface area contributed by atoms with E-state index in [-0.39, 0.29) is 15.5 Å². The second-order valence-electron chi connectivity index (χ2n) is 7.07. The number of carbonyl (C=O) groups is 1. The van der Waals surface area contributed by atoms with Crippen LogP contribution in [0.15, 0.2) is 35.2 Å². The maximum Gasteiger partial charge on any atom is 0.257 e. The van der Waals surface area contributed by atoms with Crippen molar-refractivity contribution < 1.29 is 22.7 Å². The van der Waals surface area contributed by atoms with Crippen LogP contribution in [0.25, 0.3) is 10.2 Å². The number of nitrogens with zero attached hydrogens (tertiary/aromatic N) is 1. The zero-order valence-corrected chi connectivity index (χ0v) is 19.2. The molecule has 0 aliphatic heterocycles. The Kier molecular flexibility index (Phi) is 6.54. The molecule has 2 aromatic carbocycles. The number of amides is 1. The lowest BCUT2D eigenvalue weighted by atomic mass is 10.2. The van der Waals surface area contributed by atoms with Gasteiger partial charge in [0.25, 0.3) is 5.91 Å². The predicted molar refractivity (Wildman–Crippen MR) is 119 cm³/mol. The fourth-order valence-corrected chi connectivity index (χ4v) is 4.49. The monoisotopic (exact) mass is 468 g/mol. The van der Waals surface area contributed by atoms with Crippen LogP contribution >= 0.6 is 22.9 Å². The molecule has 3 rings (SSSR count). The zero-order chi connectivity index (χ0) is 22.1. The number of hydrogen-bond acceptors (Lipinski definition) is 7. The smallest absolute Gasteiger partial charge is 0.257 e. The Labute approximate surface area is 183 Å². The molecule has 1 amide bonds. The first-order valence-electron chi connectivity index (χ1n) is 9.01. The van der Waals surface area contributed by atoms with Crippen LogP contribution < -0.4 is 14.8 Å². The molecule has 0 aliphatic carbocycles. The Bertz CT molecular complexity index is 1210. The molecular formula is C20H21ClN2O5S2. The van der Waals surface area contributed by atoms with Crippen molar-refractivity contribution in [2.45, 2.75) is 18.7 Å². The first-order valence-corrected chi connectivity index (χ1v) is 12.1. The number of halogens is 1. The van der Waals surface area contributed by atoms with Gasteiger partial charge in [0.2, 0.25) is 0 Å². The number of fused-ring (bicyclic) bond motifs is 1. The quantitative estimate of drug-likeness (QED) is 0.542. The molecule has 160 valence electrons. The van der Waals surface area contributed by atoms with Gasteiger partial charge in [-0.1, -0.05) is 36.8 Å². The standard InChI is InChI=1S/C20H21ClN2O5S2/c1-11(2)10-28-18-14(21)7-12(8-16(18)27-3)19(24)23-20-22-15-6-5-13(30(4,25)26)9-17(15)29-20/h5-9,11H,10H2,1-4H3,(H,22,23,24). The molecule has 0 atom stereocenters. The summed E-state index contributed by atoms with van der Waals surface area (Å²) in [6, 6.07) is 7.69. The molecule has 7 nitrogen and oxygen atoms in total. The average Bonchev–Trinajstić information content (AvgIpc) is 3.06. The number of nitrogens with one attached hydrogen (secondary N) is 1. The van der Waals surface area contributed by atoms with Crippen LogP contribution in [0.3, 0.4) is 0 Å². The van der Waals surface area contributed by atoms with Gasteiger partial charge in [0.05, 0.1) is 33.9 Å². The summed E-state index contributed by atoms with van der Waals surface area (Å²) >= 11 is 7.50. The van der Waals surface area contributed by atoms with Crippen LogP contribution in [0.1, 0.15) is 24.2 Å². The first kappa shape index (κ1) is 22.3. The molecule has 0 spiro atoms. The fourth-order valence-electron chi connectivity index (χ4n) is 2.60. The third-order valence-electron chi connectivity index (χ3n) is 4.06. The highest BCUT2D eigenvalue weighted by Gasteiger charge is 2.18. The van der Waals surface area contributed by atoms with E-state index in [1.165, 1.54) is 30.6 Å². The number of rotatable bonds is 7. The van der Waals surface area contributed by atoms with Crippen molar-refractivity contribution in [2.24, 2.45) is 5.92 Å². The molecule has 0 bridgehead atoms. The summed E-state index contributed by atoms with van der Waals surface area (Å²) in [5, 5.41) is 3.33. The Morgan fingerprint density at radius 3 is 2.63 bits per heavy atom. The summed E-state index contributed by atoms with van der Waals surface area (Å²) < 4.78 is 35.2. The summed E-state index contributed by atoms with van der Waals surface area (Å²) in [7, 11) is -1.85. The number of anilines is 1. The molecular weight excluding hydrogens is 448 g/mol. The highest BCUT2D eigenvalue weighted by Crippen LogP contribution is 2.37. The summed E-state index contributed by atoms with van der Waals surface area (Å²) in [6.45, 7) is 4.49.